The highest BCUT2D eigenvalue weighted by molar-refractivity contribution is 5.91. The van der Waals surface area contributed by atoms with E-state index in [4.69, 9.17) is 10.2 Å². The molecular formula is C13H15FN2O2. The SMILES string of the molecule is Cc1cc(NC(CO)CO)c2cccc(F)c2n1. The van der Waals surface area contributed by atoms with Gasteiger partial charge in [0.25, 0.3) is 0 Å². The second kappa shape index (κ2) is 5.29. The Kier molecular flexibility index (Phi) is 3.74. The Labute approximate surface area is 104 Å². The summed E-state index contributed by atoms with van der Waals surface area (Å²) in [6.45, 7) is 1.37. The number of nitrogens with one attached hydrogen (secondary N) is 1. The minimum atomic E-state index is -0.474. The largest absolute Gasteiger partial charge is 0.394 e. The van der Waals surface area contributed by atoms with Gasteiger partial charge in [-0.05, 0) is 19.1 Å². The molecule has 0 radical (unpaired) electrons. The number of aliphatic hydroxyl groups excluding tert-OH is 2. The summed E-state index contributed by atoms with van der Waals surface area (Å²) >= 11 is 0. The first kappa shape index (κ1) is 12.7. The molecule has 4 nitrogen and oxygen atoms in total. The Hall–Kier alpha value is -1.72. The van der Waals surface area contributed by atoms with Crippen LogP contribution in [-0.4, -0.2) is 34.5 Å². The van der Waals surface area contributed by atoms with E-state index in [2.05, 4.69) is 10.3 Å². The van der Waals surface area contributed by atoms with Crippen LogP contribution in [0.15, 0.2) is 24.3 Å². The molecule has 0 atom stereocenters. The van der Waals surface area contributed by atoms with Crippen molar-refractivity contribution in [3.63, 3.8) is 0 Å². The van der Waals surface area contributed by atoms with Gasteiger partial charge in [0.05, 0.1) is 19.3 Å². The van der Waals surface area contributed by atoms with Gasteiger partial charge in [-0.3, -0.25) is 0 Å². The molecule has 18 heavy (non-hydrogen) atoms. The first-order valence-electron chi connectivity index (χ1n) is 5.70. The summed E-state index contributed by atoms with van der Waals surface area (Å²) in [4.78, 5) is 4.15. The second-order valence-electron chi connectivity index (χ2n) is 4.15. The number of rotatable bonds is 4. The van der Waals surface area contributed by atoms with Crippen molar-refractivity contribution >= 4 is 16.6 Å². The lowest BCUT2D eigenvalue weighted by Gasteiger charge is -2.17. The Bertz CT molecular complexity index is 556. The molecule has 1 aromatic carbocycles. The Morgan fingerprint density at radius 2 is 2.06 bits per heavy atom. The second-order valence-corrected chi connectivity index (χ2v) is 4.15. The van der Waals surface area contributed by atoms with E-state index in [9.17, 15) is 4.39 Å². The van der Waals surface area contributed by atoms with Crippen molar-refractivity contribution in [2.24, 2.45) is 0 Å². The lowest BCUT2D eigenvalue weighted by molar-refractivity contribution is 0.204. The Morgan fingerprint density at radius 1 is 1.33 bits per heavy atom. The first-order chi connectivity index (χ1) is 8.65. The molecule has 1 aromatic heterocycles. The van der Waals surface area contributed by atoms with Crippen molar-refractivity contribution in [2.75, 3.05) is 18.5 Å². The summed E-state index contributed by atoms with van der Waals surface area (Å²) in [6, 6.07) is 6.00. The third kappa shape index (κ3) is 2.42. The maximum absolute atomic E-state index is 13.7. The van der Waals surface area contributed by atoms with E-state index < -0.39 is 6.04 Å². The minimum Gasteiger partial charge on any atom is -0.394 e. The average molecular weight is 250 g/mol. The normalized spacial score (nSPS) is 11.2. The van der Waals surface area contributed by atoms with E-state index in [1.165, 1.54) is 6.07 Å². The smallest absolute Gasteiger partial charge is 0.149 e. The van der Waals surface area contributed by atoms with Gasteiger partial charge in [-0.2, -0.15) is 0 Å². The molecule has 0 aliphatic rings. The molecule has 1 heterocycles. The van der Waals surface area contributed by atoms with Gasteiger partial charge in [0.15, 0.2) is 0 Å². The quantitative estimate of drug-likeness (QED) is 0.768. The summed E-state index contributed by atoms with van der Waals surface area (Å²) in [5, 5.41) is 21.8. The predicted molar refractivity (Wildman–Crippen MR) is 68.0 cm³/mol. The average Bonchev–Trinajstić information content (AvgIpc) is 2.37. The summed E-state index contributed by atoms with van der Waals surface area (Å²) in [6.07, 6.45) is 0. The summed E-state index contributed by atoms with van der Waals surface area (Å²) < 4.78 is 13.7. The number of anilines is 1. The maximum Gasteiger partial charge on any atom is 0.149 e. The van der Waals surface area contributed by atoms with Gasteiger partial charge in [0.2, 0.25) is 0 Å². The van der Waals surface area contributed by atoms with Crippen molar-refractivity contribution in [1.29, 1.82) is 0 Å². The number of benzene rings is 1. The van der Waals surface area contributed by atoms with E-state index >= 15 is 0 Å². The third-order valence-electron chi connectivity index (χ3n) is 2.72. The fourth-order valence-electron chi connectivity index (χ4n) is 1.83. The lowest BCUT2D eigenvalue weighted by atomic mass is 10.1. The van der Waals surface area contributed by atoms with Crippen LogP contribution in [0.4, 0.5) is 10.1 Å². The van der Waals surface area contributed by atoms with Crippen LogP contribution in [0.25, 0.3) is 10.9 Å². The standard InChI is InChI=1S/C13H15FN2O2/c1-8-5-12(16-9(6-17)7-18)10-3-2-4-11(14)13(10)15-8/h2-5,9,17-18H,6-7H2,1H3,(H,15,16). The highest BCUT2D eigenvalue weighted by Gasteiger charge is 2.11. The molecule has 0 unspecified atom stereocenters. The lowest BCUT2D eigenvalue weighted by Crippen LogP contribution is -2.27. The van der Waals surface area contributed by atoms with Gasteiger partial charge >= 0.3 is 0 Å². The van der Waals surface area contributed by atoms with Gasteiger partial charge in [0, 0.05) is 16.8 Å². The summed E-state index contributed by atoms with van der Waals surface area (Å²) in [5.74, 6) is -0.385. The van der Waals surface area contributed by atoms with E-state index in [1.807, 2.05) is 0 Å². The van der Waals surface area contributed by atoms with Crippen LogP contribution >= 0.6 is 0 Å². The number of pyridine rings is 1. The zero-order chi connectivity index (χ0) is 13.1. The zero-order valence-electron chi connectivity index (χ0n) is 10.0. The number of hydrogen-bond donors (Lipinski definition) is 3. The molecule has 0 bridgehead atoms. The monoisotopic (exact) mass is 250 g/mol. The molecule has 0 aliphatic heterocycles. The molecule has 0 aliphatic carbocycles. The molecule has 2 aromatic rings. The summed E-state index contributed by atoms with van der Waals surface area (Å²) in [5.41, 5.74) is 1.62. The van der Waals surface area contributed by atoms with Crippen molar-refractivity contribution in [2.45, 2.75) is 13.0 Å². The van der Waals surface area contributed by atoms with Crippen molar-refractivity contribution in [3.05, 3.63) is 35.8 Å². The summed E-state index contributed by atoms with van der Waals surface area (Å²) in [7, 11) is 0. The van der Waals surface area contributed by atoms with Gasteiger partial charge in [-0.15, -0.1) is 0 Å². The van der Waals surface area contributed by atoms with Gasteiger partial charge in [0.1, 0.15) is 11.3 Å². The molecule has 2 rings (SSSR count). The predicted octanol–water partition coefficient (Wildman–Crippen LogP) is 1.45. The van der Waals surface area contributed by atoms with Gasteiger partial charge in [-0.1, -0.05) is 12.1 Å². The first-order valence-corrected chi connectivity index (χ1v) is 5.70. The third-order valence-corrected chi connectivity index (χ3v) is 2.72. The van der Waals surface area contributed by atoms with E-state index in [0.29, 0.717) is 16.8 Å². The topological polar surface area (TPSA) is 65.4 Å². The van der Waals surface area contributed by atoms with Crippen LogP contribution in [-0.2, 0) is 0 Å². The van der Waals surface area contributed by atoms with Gasteiger partial charge in [-0.25, -0.2) is 9.37 Å². The molecule has 0 saturated carbocycles. The number of halogens is 1. The number of aliphatic hydroxyl groups is 2. The maximum atomic E-state index is 13.7. The van der Waals surface area contributed by atoms with Crippen LogP contribution < -0.4 is 5.32 Å². The van der Waals surface area contributed by atoms with Crippen LogP contribution in [0.2, 0.25) is 0 Å². The molecule has 0 fully saturated rings. The fraction of sp³-hybridized carbons (Fsp3) is 0.308. The van der Waals surface area contributed by atoms with E-state index in [0.717, 1.165) is 0 Å². The molecule has 0 spiro atoms. The number of fused-ring (bicyclic) bond motifs is 1. The van der Waals surface area contributed by atoms with Crippen LogP contribution in [0.3, 0.4) is 0 Å². The molecule has 96 valence electrons. The van der Waals surface area contributed by atoms with Crippen LogP contribution in [0.1, 0.15) is 5.69 Å². The van der Waals surface area contributed by atoms with Crippen LogP contribution in [0, 0.1) is 12.7 Å². The van der Waals surface area contributed by atoms with Crippen molar-refractivity contribution < 1.29 is 14.6 Å². The number of hydrogen-bond acceptors (Lipinski definition) is 4. The number of nitrogens with zero attached hydrogens (tertiary/aromatic N) is 1. The number of aromatic nitrogens is 1. The minimum absolute atomic E-state index is 0.200. The number of para-hydroxylation sites is 1. The molecule has 5 heteroatoms. The molecule has 0 saturated heterocycles. The van der Waals surface area contributed by atoms with Crippen LogP contribution in [0.5, 0.6) is 0 Å². The Morgan fingerprint density at radius 3 is 2.72 bits per heavy atom. The van der Waals surface area contributed by atoms with E-state index in [1.54, 1.807) is 25.1 Å². The fourth-order valence-corrected chi connectivity index (χ4v) is 1.83. The molecular weight excluding hydrogens is 235 g/mol. The van der Waals surface area contributed by atoms with E-state index in [-0.39, 0.29) is 24.5 Å². The zero-order valence-corrected chi connectivity index (χ0v) is 10.0. The highest BCUT2D eigenvalue weighted by atomic mass is 19.1. The van der Waals surface area contributed by atoms with Gasteiger partial charge < -0.3 is 15.5 Å². The molecule has 0 amide bonds. The number of aryl methyl sites for hydroxylation is 1. The Balaban J connectivity index is 2.52. The molecule has 3 N–H and O–H groups in total. The van der Waals surface area contributed by atoms with Crippen molar-refractivity contribution in [1.82, 2.24) is 4.98 Å². The highest BCUT2D eigenvalue weighted by Crippen LogP contribution is 2.25. The van der Waals surface area contributed by atoms with Crippen molar-refractivity contribution in [3.8, 4) is 0 Å².